The maximum Gasteiger partial charge on any atom is 0.322 e. The average molecular weight is 298 g/mol. The monoisotopic (exact) mass is 298 g/mol. The predicted octanol–water partition coefficient (Wildman–Crippen LogP) is 3.16. The summed E-state index contributed by atoms with van der Waals surface area (Å²) in [6.45, 7) is 7.56. The molecule has 0 aliphatic carbocycles. The minimum atomic E-state index is -2.33. The molecule has 1 aromatic carbocycles. The van der Waals surface area contributed by atoms with E-state index in [0.717, 1.165) is 16.9 Å². The van der Waals surface area contributed by atoms with Crippen LogP contribution in [-0.4, -0.2) is 14.5 Å². The van der Waals surface area contributed by atoms with Crippen molar-refractivity contribution in [1.82, 2.24) is 14.5 Å². The number of hydrogen-bond donors (Lipinski definition) is 0. The maximum atomic E-state index is 7.97. The van der Waals surface area contributed by atoms with Gasteiger partial charge in [0.05, 0.1) is 17.3 Å². The van der Waals surface area contributed by atoms with Crippen molar-refractivity contribution in [2.24, 2.45) is 6.98 Å². The van der Waals surface area contributed by atoms with Crippen molar-refractivity contribution in [3.05, 3.63) is 47.5 Å². The van der Waals surface area contributed by atoms with Gasteiger partial charge in [0.15, 0.2) is 0 Å². The number of imidazole rings is 1. The lowest BCUT2D eigenvalue weighted by Crippen LogP contribution is -2.32. The molecule has 2 heterocycles. The molecule has 0 aliphatic rings. The van der Waals surface area contributed by atoms with E-state index in [9.17, 15) is 0 Å². The van der Waals surface area contributed by atoms with Gasteiger partial charge in [0.2, 0.25) is 5.82 Å². The lowest BCUT2D eigenvalue weighted by atomic mass is 9.93. The van der Waals surface area contributed by atoms with Crippen LogP contribution in [0.15, 0.2) is 30.5 Å². The zero-order valence-electron chi connectivity index (χ0n) is 16.7. The van der Waals surface area contributed by atoms with E-state index in [1.807, 2.05) is 56.5 Å². The van der Waals surface area contributed by atoms with E-state index < -0.39 is 6.98 Å². The summed E-state index contributed by atoms with van der Waals surface area (Å²) in [7, 11) is 0. The van der Waals surface area contributed by atoms with Gasteiger partial charge in [0, 0.05) is 12.3 Å². The number of aromatic nitrogens is 4. The second kappa shape index (κ2) is 4.90. The number of benzene rings is 1. The van der Waals surface area contributed by atoms with Gasteiger partial charge >= 0.3 is 5.65 Å². The van der Waals surface area contributed by atoms with Crippen LogP contribution in [0, 0.1) is 13.8 Å². The first-order valence-electron chi connectivity index (χ1n) is 8.89. The van der Waals surface area contributed by atoms with Crippen LogP contribution >= 0.6 is 0 Å². The second-order valence-corrected chi connectivity index (χ2v) is 6.66. The number of aryl methyl sites for hydroxylation is 2. The molecular weight excluding hydrogens is 272 g/mol. The third kappa shape index (κ3) is 2.19. The van der Waals surface area contributed by atoms with E-state index in [0.29, 0.717) is 17.1 Å². The minimum absolute atomic E-state index is 0.216. The molecule has 22 heavy (non-hydrogen) atoms. The van der Waals surface area contributed by atoms with Crippen molar-refractivity contribution < 1.29 is 8.68 Å². The van der Waals surface area contributed by atoms with Gasteiger partial charge in [-0.1, -0.05) is 39.0 Å². The molecule has 2 aromatic heterocycles. The number of nitrogens with zero attached hydrogens (tertiary/aromatic N) is 4. The first kappa shape index (κ1) is 11.4. The van der Waals surface area contributed by atoms with Crippen LogP contribution in [0.5, 0.6) is 0 Å². The molecule has 0 saturated carbocycles. The zero-order valence-corrected chi connectivity index (χ0v) is 13.7. The Bertz CT molecular complexity index is 949. The fraction of sp³-hybridized carbons (Fsp3) is 0.389. The number of rotatable bonds is 1. The molecule has 0 spiro atoms. The molecular formula is C18H23N4+. The normalized spacial score (nSPS) is 14.7. The molecule has 0 unspecified atom stereocenters. The number of fused-ring (bicyclic) bond motifs is 1. The molecule has 0 N–H and O–H groups in total. The largest absolute Gasteiger partial charge is 0.322 e. The molecule has 4 heteroatoms. The highest BCUT2D eigenvalue weighted by Gasteiger charge is 2.27. The van der Waals surface area contributed by atoms with Gasteiger partial charge in [-0.25, -0.2) is 14.1 Å². The first-order valence-corrected chi connectivity index (χ1v) is 7.39. The fourth-order valence-electron chi connectivity index (χ4n) is 2.55. The first-order chi connectivity index (χ1) is 11.5. The third-order valence-corrected chi connectivity index (χ3v) is 3.93. The molecule has 114 valence electrons. The van der Waals surface area contributed by atoms with Gasteiger partial charge in [-0.05, 0) is 18.6 Å². The predicted molar refractivity (Wildman–Crippen MR) is 88.2 cm³/mol. The van der Waals surface area contributed by atoms with E-state index in [4.69, 9.17) is 4.11 Å². The van der Waals surface area contributed by atoms with Crippen molar-refractivity contribution >= 4 is 11.3 Å². The van der Waals surface area contributed by atoms with Crippen LogP contribution in [0.2, 0.25) is 0 Å². The number of hydrogen-bond acceptors (Lipinski definition) is 2. The molecule has 4 nitrogen and oxygen atoms in total. The molecule has 0 bridgehead atoms. The van der Waals surface area contributed by atoms with Crippen molar-refractivity contribution in [2.75, 3.05) is 0 Å². The highest BCUT2D eigenvalue weighted by molar-refractivity contribution is 5.67. The maximum absolute atomic E-state index is 7.97. The third-order valence-electron chi connectivity index (χ3n) is 3.93. The fourth-order valence-corrected chi connectivity index (χ4v) is 2.55. The van der Waals surface area contributed by atoms with Gasteiger partial charge in [0.25, 0.3) is 5.65 Å². The smallest absolute Gasteiger partial charge is 0.232 e. The SMILES string of the molecule is [2H]C([2H])([2H])[n+]1c(C)n(-c2ccccc2C)c2ncc(C(C)(C)C)nc21. The summed E-state index contributed by atoms with van der Waals surface area (Å²) >= 11 is 0. The summed E-state index contributed by atoms with van der Waals surface area (Å²) in [5.41, 5.74) is 3.43. The highest BCUT2D eigenvalue weighted by Crippen LogP contribution is 2.23. The Balaban J connectivity index is 2.44. The summed E-state index contributed by atoms with van der Waals surface area (Å²) < 4.78 is 27.1. The van der Waals surface area contributed by atoms with Crippen molar-refractivity contribution in [3.63, 3.8) is 0 Å². The Hall–Kier alpha value is -2.23. The van der Waals surface area contributed by atoms with E-state index in [2.05, 4.69) is 9.97 Å². The lowest BCUT2D eigenvalue weighted by Gasteiger charge is -2.13. The van der Waals surface area contributed by atoms with Crippen molar-refractivity contribution in [1.29, 1.82) is 0 Å². The van der Waals surface area contributed by atoms with Gasteiger partial charge in [-0.2, -0.15) is 0 Å². The number of para-hydroxylation sites is 1. The zero-order chi connectivity index (χ0) is 18.6. The van der Waals surface area contributed by atoms with Crippen molar-refractivity contribution in [3.8, 4) is 5.69 Å². The Kier molecular flexibility index (Phi) is 2.53. The van der Waals surface area contributed by atoms with Crippen LogP contribution in [0.3, 0.4) is 0 Å². The Morgan fingerprint density at radius 2 is 1.91 bits per heavy atom. The molecule has 0 fully saturated rings. The topological polar surface area (TPSA) is 34.6 Å². The van der Waals surface area contributed by atoms with E-state index in [-0.39, 0.29) is 5.41 Å². The molecule has 3 aromatic rings. The van der Waals surface area contributed by atoms with Crippen LogP contribution in [0.25, 0.3) is 17.0 Å². The summed E-state index contributed by atoms with van der Waals surface area (Å²) in [5, 5.41) is 0. The summed E-state index contributed by atoms with van der Waals surface area (Å²) in [6, 6.07) is 7.85. The van der Waals surface area contributed by atoms with E-state index in [1.54, 1.807) is 13.1 Å². The lowest BCUT2D eigenvalue weighted by molar-refractivity contribution is -0.653. The Morgan fingerprint density at radius 3 is 2.55 bits per heavy atom. The summed E-state index contributed by atoms with van der Waals surface area (Å²) in [4.78, 5) is 9.26. The molecule has 0 amide bonds. The second-order valence-electron chi connectivity index (χ2n) is 6.66. The average Bonchev–Trinajstić information content (AvgIpc) is 2.78. The minimum Gasteiger partial charge on any atom is -0.232 e. The Morgan fingerprint density at radius 1 is 1.18 bits per heavy atom. The van der Waals surface area contributed by atoms with Crippen molar-refractivity contribution in [2.45, 2.75) is 40.0 Å². The summed E-state index contributed by atoms with van der Waals surface area (Å²) in [5.74, 6) is 0.579. The van der Waals surface area contributed by atoms with E-state index >= 15 is 0 Å². The van der Waals surface area contributed by atoms with Crippen LogP contribution < -0.4 is 4.57 Å². The van der Waals surface area contributed by atoms with Crippen LogP contribution in [0.1, 0.15) is 42.0 Å². The molecule has 0 aliphatic heterocycles. The standard InChI is InChI=1S/C18H23N4/c1-12-9-7-8-10-14(12)22-13(2)21(6)17-16(22)19-11-15(20-17)18(3,4)5/h7-11H,1-6H3/q+1/i6D3. The van der Waals surface area contributed by atoms with Crippen LogP contribution in [-0.2, 0) is 12.4 Å². The highest BCUT2D eigenvalue weighted by atomic mass is 15.2. The van der Waals surface area contributed by atoms with E-state index in [1.165, 1.54) is 4.57 Å². The summed E-state index contributed by atoms with van der Waals surface area (Å²) in [6.07, 6.45) is 1.74. The van der Waals surface area contributed by atoms with Gasteiger partial charge in [0.1, 0.15) is 11.4 Å². The molecule has 0 radical (unpaired) electrons. The molecule has 0 atom stereocenters. The van der Waals surface area contributed by atoms with Gasteiger partial charge in [-0.15, -0.1) is 4.98 Å². The van der Waals surface area contributed by atoms with Gasteiger partial charge in [-0.3, -0.25) is 0 Å². The quantitative estimate of drug-likeness (QED) is 0.647. The molecule has 3 rings (SSSR count). The molecule has 0 saturated heterocycles. The van der Waals surface area contributed by atoms with Gasteiger partial charge < -0.3 is 0 Å². The Labute approximate surface area is 135 Å². The van der Waals surface area contributed by atoms with Crippen LogP contribution in [0.4, 0.5) is 0 Å².